The molecule has 1 aromatic rings. The van der Waals surface area contributed by atoms with Crippen molar-refractivity contribution >= 4 is 39.8 Å². The molecule has 0 spiro atoms. The molecule has 1 heterocycles. The van der Waals surface area contributed by atoms with Crippen molar-refractivity contribution in [3.05, 3.63) is 19.9 Å². The Balaban J connectivity index is 1.96. The van der Waals surface area contributed by atoms with E-state index in [2.05, 4.69) is 46.9 Å². The van der Waals surface area contributed by atoms with E-state index in [1.165, 1.54) is 25.7 Å². The number of hydrogen-bond donors (Lipinski definition) is 1. The lowest BCUT2D eigenvalue weighted by molar-refractivity contribution is 0.0900. The van der Waals surface area contributed by atoms with E-state index in [9.17, 15) is 4.79 Å². The minimum absolute atomic E-state index is 0.0577. The van der Waals surface area contributed by atoms with Gasteiger partial charge in [-0.1, -0.05) is 12.8 Å². The smallest absolute Gasteiger partial charge is 0.252 e. The lowest BCUT2D eigenvalue weighted by Gasteiger charge is -2.36. The molecular formula is C13H19IN2OS. The highest BCUT2D eigenvalue weighted by Crippen LogP contribution is 2.33. The van der Waals surface area contributed by atoms with Crippen molar-refractivity contribution in [1.29, 1.82) is 0 Å². The minimum atomic E-state index is 0.0577. The van der Waals surface area contributed by atoms with Crippen molar-refractivity contribution < 1.29 is 4.79 Å². The summed E-state index contributed by atoms with van der Waals surface area (Å²) in [7, 11) is 4.23. The molecule has 2 rings (SSSR count). The highest BCUT2D eigenvalue weighted by Gasteiger charge is 2.36. The topological polar surface area (TPSA) is 32.3 Å². The highest BCUT2D eigenvalue weighted by atomic mass is 127. The van der Waals surface area contributed by atoms with Crippen LogP contribution >= 0.6 is 33.9 Å². The Morgan fingerprint density at radius 1 is 1.50 bits per heavy atom. The van der Waals surface area contributed by atoms with Gasteiger partial charge in [0.25, 0.3) is 5.91 Å². The van der Waals surface area contributed by atoms with Crippen LogP contribution in [0, 0.1) is 2.88 Å². The van der Waals surface area contributed by atoms with Gasteiger partial charge in [-0.15, -0.1) is 11.3 Å². The predicted molar refractivity (Wildman–Crippen MR) is 84.3 cm³/mol. The fraction of sp³-hybridized carbons (Fsp3) is 0.615. The molecule has 0 unspecified atom stereocenters. The molecule has 0 radical (unpaired) electrons. The maximum absolute atomic E-state index is 12.1. The van der Waals surface area contributed by atoms with Gasteiger partial charge in [-0.2, -0.15) is 0 Å². The highest BCUT2D eigenvalue weighted by molar-refractivity contribution is 14.1. The molecule has 0 aromatic carbocycles. The van der Waals surface area contributed by atoms with Crippen LogP contribution < -0.4 is 5.32 Å². The first-order chi connectivity index (χ1) is 8.53. The van der Waals surface area contributed by atoms with Crippen LogP contribution in [0.3, 0.4) is 0 Å². The first-order valence-electron chi connectivity index (χ1n) is 6.23. The molecule has 0 aliphatic heterocycles. The summed E-state index contributed by atoms with van der Waals surface area (Å²) < 4.78 is 1.15. The monoisotopic (exact) mass is 378 g/mol. The zero-order chi connectivity index (χ0) is 13.2. The van der Waals surface area contributed by atoms with Gasteiger partial charge >= 0.3 is 0 Å². The molecule has 1 aromatic heterocycles. The van der Waals surface area contributed by atoms with E-state index < -0.39 is 0 Å². The second-order valence-corrected chi connectivity index (χ2v) is 7.95. The van der Waals surface area contributed by atoms with Crippen LogP contribution in [-0.2, 0) is 0 Å². The quantitative estimate of drug-likeness (QED) is 0.818. The molecule has 1 amide bonds. The van der Waals surface area contributed by atoms with Gasteiger partial charge in [-0.3, -0.25) is 4.79 Å². The van der Waals surface area contributed by atoms with Gasteiger partial charge in [0.2, 0.25) is 0 Å². The van der Waals surface area contributed by atoms with E-state index in [1.54, 1.807) is 11.3 Å². The normalized spacial score (nSPS) is 18.2. The number of thiophene rings is 1. The summed E-state index contributed by atoms with van der Waals surface area (Å²) in [4.78, 5) is 14.3. The average molecular weight is 378 g/mol. The molecular weight excluding hydrogens is 359 g/mol. The zero-order valence-corrected chi connectivity index (χ0v) is 13.8. The van der Waals surface area contributed by atoms with E-state index >= 15 is 0 Å². The van der Waals surface area contributed by atoms with E-state index in [1.807, 2.05) is 11.4 Å². The summed E-state index contributed by atoms with van der Waals surface area (Å²) in [6.07, 6.45) is 4.90. The summed E-state index contributed by atoms with van der Waals surface area (Å²) in [6.45, 7) is 0.755. The Labute approximate surface area is 126 Å². The third kappa shape index (κ3) is 3.05. The summed E-state index contributed by atoms with van der Waals surface area (Å²) in [5, 5.41) is 5.02. The molecule has 0 bridgehead atoms. The van der Waals surface area contributed by atoms with E-state index in [0.717, 1.165) is 15.0 Å². The minimum Gasteiger partial charge on any atom is -0.350 e. The van der Waals surface area contributed by atoms with Crippen LogP contribution in [0.4, 0.5) is 0 Å². The van der Waals surface area contributed by atoms with Crippen LogP contribution in [0.2, 0.25) is 0 Å². The fourth-order valence-electron chi connectivity index (χ4n) is 2.59. The lowest BCUT2D eigenvalue weighted by Crippen LogP contribution is -2.50. The van der Waals surface area contributed by atoms with Gasteiger partial charge in [-0.05, 0) is 55.6 Å². The molecule has 0 saturated heterocycles. The van der Waals surface area contributed by atoms with Crippen molar-refractivity contribution in [2.75, 3.05) is 20.6 Å². The first-order valence-corrected chi connectivity index (χ1v) is 8.19. The Morgan fingerprint density at radius 2 is 2.17 bits per heavy atom. The summed E-state index contributed by atoms with van der Waals surface area (Å²) in [5.74, 6) is 0.0577. The number of nitrogens with one attached hydrogen (secondary N) is 1. The largest absolute Gasteiger partial charge is 0.350 e. The molecule has 1 aliphatic rings. The van der Waals surface area contributed by atoms with Crippen LogP contribution in [-0.4, -0.2) is 37.0 Å². The molecule has 5 heteroatoms. The zero-order valence-electron chi connectivity index (χ0n) is 10.8. The van der Waals surface area contributed by atoms with E-state index in [0.29, 0.717) is 0 Å². The SMILES string of the molecule is CN(C)C1(CNC(=O)c2csc(I)c2)CCCC1. The second-order valence-electron chi connectivity index (χ2n) is 5.15. The number of rotatable bonds is 4. The average Bonchev–Trinajstić information content (AvgIpc) is 2.95. The number of carbonyl (C=O) groups excluding carboxylic acids is 1. The lowest BCUT2D eigenvalue weighted by atomic mass is 9.96. The summed E-state index contributed by atoms with van der Waals surface area (Å²) in [5.41, 5.74) is 0.954. The number of carbonyl (C=O) groups is 1. The second kappa shape index (κ2) is 5.88. The number of amides is 1. The van der Waals surface area contributed by atoms with Gasteiger partial charge in [0.05, 0.1) is 8.45 Å². The summed E-state index contributed by atoms with van der Waals surface area (Å²) in [6, 6.07) is 1.94. The van der Waals surface area contributed by atoms with Gasteiger partial charge < -0.3 is 10.2 Å². The predicted octanol–water partition coefficient (Wildman–Crippen LogP) is 2.96. The van der Waals surface area contributed by atoms with Crippen LogP contribution in [0.15, 0.2) is 11.4 Å². The van der Waals surface area contributed by atoms with Gasteiger partial charge in [0, 0.05) is 17.5 Å². The fourth-order valence-corrected chi connectivity index (χ4v) is 3.92. The van der Waals surface area contributed by atoms with Crippen molar-refractivity contribution in [1.82, 2.24) is 10.2 Å². The Bertz CT molecular complexity index is 424. The van der Waals surface area contributed by atoms with Crippen LogP contribution in [0.5, 0.6) is 0 Å². The van der Waals surface area contributed by atoms with Crippen LogP contribution in [0.25, 0.3) is 0 Å². The molecule has 1 saturated carbocycles. The number of halogens is 1. The molecule has 1 aliphatic carbocycles. The molecule has 18 heavy (non-hydrogen) atoms. The number of nitrogens with zero attached hydrogens (tertiary/aromatic N) is 1. The van der Waals surface area contributed by atoms with Crippen molar-refractivity contribution in [2.24, 2.45) is 0 Å². The Kier molecular flexibility index (Phi) is 4.66. The van der Waals surface area contributed by atoms with Crippen molar-refractivity contribution in [3.63, 3.8) is 0 Å². The van der Waals surface area contributed by atoms with Crippen molar-refractivity contribution in [3.8, 4) is 0 Å². The third-order valence-electron chi connectivity index (χ3n) is 3.89. The molecule has 100 valence electrons. The molecule has 0 atom stereocenters. The molecule has 1 N–H and O–H groups in total. The maximum Gasteiger partial charge on any atom is 0.252 e. The standard InChI is InChI=1S/C13H19IN2OS/c1-16(2)13(5-3-4-6-13)9-15-12(17)10-7-11(14)18-8-10/h7-8H,3-6,9H2,1-2H3,(H,15,17). The van der Waals surface area contributed by atoms with Gasteiger partial charge in [0.1, 0.15) is 0 Å². The van der Waals surface area contributed by atoms with E-state index in [4.69, 9.17) is 0 Å². The van der Waals surface area contributed by atoms with Crippen molar-refractivity contribution in [2.45, 2.75) is 31.2 Å². The number of hydrogen-bond acceptors (Lipinski definition) is 3. The van der Waals surface area contributed by atoms with Gasteiger partial charge in [0.15, 0.2) is 0 Å². The maximum atomic E-state index is 12.1. The molecule has 3 nitrogen and oxygen atoms in total. The Morgan fingerprint density at radius 3 is 2.67 bits per heavy atom. The third-order valence-corrected chi connectivity index (χ3v) is 5.68. The van der Waals surface area contributed by atoms with Crippen LogP contribution in [0.1, 0.15) is 36.0 Å². The Hall–Kier alpha value is -0.140. The number of likely N-dealkylation sites (N-methyl/N-ethyl adjacent to an activating group) is 1. The van der Waals surface area contributed by atoms with E-state index in [-0.39, 0.29) is 11.4 Å². The summed E-state index contributed by atoms with van der Waals surface area (Å²) >= 11 is 3.86. The molecule has 1 fully saturated rings. The first kappa shape index (κ1) is 14.3. The van der Waals surface area contributed by atoms with Gasteiger partial charge in [-0.25, -0.2) is 0 Å².